The lowest BCUT2D eigenvalue weighted by molar-refractivity contribution is 0.241. The van der Waals surface area contributed by atoms with Crippen molar-refractivity contribution >= 4 is 23.2 Å². The predicted octanol–water partition coefficient (Wildman–Crippen LogP) is 2.86. The van der Waals surface area contributed by atoms with Gasteiger partial charge in [-0.25, -0.2) is 9.48 Å². The normalized spacial score (nSPS) is 10.4. The Morgan fingerprint density at radius 2 is 1.93 bits per heavy atom. The number of nitrogens with zero attached hydrogens (tertiary/aromatic N) is 3. The van der Waals surface area contributed by atoms with E-state index in [-0.39, 0.29) is 6.03 Å². The summed E-state index contributed by atoms with van der Waals surface area (Å²) in [6, 6.07) is 15.5. The number of nitrogen functional groups attached to an aromatic ring is 1. The summed E-state index contributed by atoms with van der Waals surface area (Å²) in [4.78, 5) is 13.1. The molecular weight excluding hydrogens is 372 g/mol. The third-order valence-electron chi connectivity index (χ3n) is 4.22. The standard InChI is InChI=1S/C20H22N6OS/c21-14-17-18(25-26(19(17)22)15-6-2-1-3-7-15)9-4-11-23-20(27)24-12-10-16-8-5-13-28-16/h1-3,5-8,13H,4,9-12,22H2,(H2,23,24,27). The van der Waals surface area contributed by atoms with Gasteiger partial charge in [-0.3, -0.25) is 0 Å². The number of hydrogen-bond donors (Lipinski definition) is 3. The van der Waals surface area contributed by atoms with E-state index in [2.05, 4.69) is 27.9 Å². The largest absolute Gasteiger partial charge is 0.382 e. The summed E-state index contributed by atoms with van der Waals surface area (Å²) in [5, 5.41) is 21.6. The summed E-state index contributed by atoms with van der Waals surface area (Å²) in [5.41, 5.74) is 7.94. The van der Waals surface area contributed by atoms with Gasteiger partial charge in [0.2, 0.25) is 0 Å². The number of para-hydroxylation sites is 1. The van der Waals surface area contributed by atoms with Crippen LogP contribution in [0.15, 0.2) is 47.8 Å². The topological polar surface area (TPSA) is 109 Å². The van der Waals surface area contributed by atoms with Crippen molar-refractivity contribution in [3.63, 3.8) is 0 Å². The molecule has 0 aliphatic heterocycles. The summed E-state index contributed by atoms with van der Waals surface area (Å²) in [7, 11) is 0. The molecule has 0 saturated heterocycles. The first-order valence-corrected chi connectivity index (χ1v) is 9.94. The zero-order chi connectivity index (χ0) is 19.8. The molecule has 144 valence electrons. The molecule has 7 nitrogen and oxygen atoms in total. The van der Waals surface area contributed by atoms with Crippen molar-refractivity contribution < 1.29 is 4.79 Å². The zero-order valence-electron chi connectivity index (χ0n) is 15.4. The number of anilines is 1. The van der Waals surface area contributed by atoms with Crippen LogP contribution in [0.5, 0.6) is 0 Å². The number of rotatable bonds is 8. The minimum absolute atomic E-state index is 0.189. The highest BCUT2D eigenvalue weighted by atomic mass is 32.1. The summed E-state index contributed by atoms with van der Waals surface area (Å²) in [6.07, 6.45) is 2.05. The number of aryl methyl sites for hydroxylation is 1. The minimum atomic E-state index is -0.189. The molecule has 2 amide bonds. The first-order chi connectivity index (χ1) is 13.7. The third kappa shape index (κ3) is 4.90. The number of urea groups is 1. The molecule has 0 aliphatic carbocycles. The molecule has 2 aromatic heterocycles. The summed E-state index contributed by atoms with van der Waals surface area (Å²) in [6.45, 7) is 1.09. The number of benzene rings is 1. The van der Waals surface area contributed by atoms with E-state index < -0.39 is 0 Å². The van der Waals surface area contributed by atoms with Crippen LogP contribution in [-0.2, 0) is 12.8 Å². The van der Waals surface area contributed by atoms with Gasteiger partial charge in [0.1, 0.15) is 17.5 Å². The van der Waals surface area contributed by atoms with Crippen molar-refractivity contribution in [3.05, 3.63) is 64.0 Å². The van der Waals surface area contributed by atoms with E-state index in [0.29, 0.717) is 43.0 Å². The first kappa shape index (κ1) is 19.5. The maximum atomic E-state index is 11.8. The van der Waals surface area contributed by atoms with Gasteiger partial charge in [0, 0.05) is 18.0 Å². The number of nitriles is 1. The Bertz CT molecular complexity index is 943. The number of hydrogen-bond acceptors (Lipinski definition) is 5. The van der Waals surface area contributed by atoms with Crippen LogP contribution in [0.25, 0.3) is 5.69 Å². The molecule has 3 rings (SSSR count). The van der Waals surface area contributed by atoms with Gasteiger partial charge in [-0.15, -0.1) is 11.3 Å². The van der Waals surface area contributed by atoms with Crippen molar-refractivity contribution in [2.45, 2.75) is 19.3 Å². The molecule has 0 spiro atoms. The second-order valence-electron chi connectivity index (χ2n) is 6.18. The van der Waals surface area contributed by atoms with E-state index in [1.54, 1.807) is 16.0 Å². The lowest BCUT2D eigenvalue weighted by Crippen LogP contribution is -2.37. The highest BCUT2D eigenvalue weighted by Gasteiger charge is 2.16. The van der Waals surface area contributed by atoms with E-state index in [1.165, 1.54) is 4.88 Å². The lowest BCUT2D eigenvalue weighted by atomic mass is 10.1. The van der Waals surface area contributed by atoms with Crippen LogP contribution in [0, 0.1) is 11.3 Å². The maximum Gasteiger partial charge on any atom is 0.314 e. The van der Waals surface area contributed by atoms with Gasteiger partial charge in [0.05, 0.1) is 11.4 Å². The summed E-state index contributed by atoms with van der Waals surface area (Å²) in [5.74, 6) is 0.336. The lowest BCUT2D eigenvalue weighted by Gasteiger charge is -2.06. The number of thiophene rings is 1. The molecule has 0 atom stereocenters. The number of aromatic nitrogens is 2. The molecule has 0 saturated carbocycles. The smallest absolute Gasteiger partial charge is 0.314 e. The fourth-order valence-corrected chi connectivity index (χ4v) is 3.52. The Balaban J connectivity index is 1.47. The van der Waals surface area contributed by atoms with Gasteiger partial charge in [0.25, 0.3) is 0 Å². The van der Waals surface area contributed by atoms with Gasteiger partial charge in [-0.2, -0.15) is 10.4 Å². The first-order valence-electron chi connectivity index (χ1n) is 9.06. The number of carbonyl (C=O) groups excluding carboxylic acids is 1. The molecule has 4 N–H and O–H groups in total. The van der Waals surface area contributed by atoms with E-state index in [9.17, 15) is 10.1 Å². The minimum Gasteiger partial charge on any atom is -0.382 e. The van der Waals surface area contributed by atoms with Crippen LogP contribution in [0.4, 0.5) is 10.6 Å². The molecular formula is C20H22N6OS. The Morgan fingerprint density at radius 1 is 1.14 bits per heavy atom. The van der Waals surface area contributed by atoms with E-state index in [1.807, 2.05) is 41.8 Å². The maximum absolute atomic E-state index is 11.8. The van der Waals surface area contributed by atoms with Crippen LogP contribution in [0.1, 0.15) is 22.6 Å². The predicted molar refractivity (Wildman–Crippen MR) is 110 cm³/mol. The van der Waals surface area contributed by atoms with E-state index in [0.717, 1.165) is 12.1 Å². The summed E-state index contributed by atoms with van der Waals surface area (Å²) >= 11 is 1.68. The van der Waals surface area contributed by atoms with E-state index >= 15 is 0 Å². The van der Waals surface area contributed by atoms with Crippen LogP contribution in [0.2, 0.25) is 0 Å². The molecule has 0 unspecified atom stereocenters. The van der Waals surface area contributed by atoms with Gasteiger partial charge < -0.3 is 16.4 Å². The van der Waals surface area contributed by atoms with Crippen molar-refractivity contribution in [1.29, 1.82) is 5.26 Å². The number of amides is 2. The Morgan fingerprint density at radius 3 is 2.64 bits per heavy atom. The van der Waals surface area contributed by atoms with Gasteiger partial charge >= 0.3 is 6.03 Å². The molecule has 8 heteroatoms. The second kappa shape index (κ2) is 9.58. The Hall–Kier alpha value is -3.31. The van der Waals surface area contributed by atoms with Crippen LogP contribution < -0.4 is 16.4 Å². The number of nitrogens with one attached hydrogen (secondary N) is 2. The Kier molecular flexibility index (Phi) is 6.65. The van der Waals surface area contributed by atoms with Gasteiger partial charge in [-0.1, -0.05) is 24.3 Å². The fourth-order valence-electron chi connectivity index (χ4n) is 2.82. The van der Waals surface area contributed by atoms with Crippen molar-refractivity contribution in [3.8, 4) is 11.8 Å². The molecule has 3 aromatic rings. The molecule has 1 aromatic carbocycles. The van der Waals surface area contributed by atoms with Crippen molar-refractivity contribution in [2.75, 3.05) is 18.8 Å². The highest BCUT2D eigenvalue weighted by Crippen LogP contribution is 2.21. The fraction of sp³-hybridized carbons (Fsp3) is 0.250. The molecule has 0 radical (unpaired) electrons. The van der Waals surface area contributed by atoms with Gasteiger partial charge in [-0.05, 0) is 42.8 Å². The highest BCUT2D eigenvalue weighted by molar-refractivity contribution is 7.09. The molecule has 2 heterocycles. The average molecular weight is 395 g/mol. The molecule has 0 aliphatic rings. The third-order valence-corrected chi connectivity index (χ3v) is 5.16. The molecule has 0 fully saturated rings. The number of nitrogens with two attached hydrogens (primary N) is 1. The van der Waals surface area contributed by atoms with Crippen LogP contribution in [0.3, 0.4) is 0 Å². The van der Waals surface area contributed by atoms with E-state index in [4.69, 9.17) is 5.73 Å². The summed E-state index contributed by atoms with van der Waals surface area (Å²) < 4.78 is 1.58. The van der Waals surface area contributed by atoms with Gasteiger partial charge in [0.15, 0.2) is 0 Å². The van der Waals surface area contributed by atoms with Crippen LogP contribution in [-0.4, -0.2) is 28.9 Å². The molecule has 28 heavy (non-hydrogen) atoms. The van der Waals surface area contributed by atoms with Crippen LogP contribution >= 0.6 is 11.3 Å². The number of carbonyl (C=O) groups is 1. The Labute approximate surface area is 167 Å². The van der Waals surface area contributed by atoms with Crippen molar-refractivity contribution in [2.24, 2.45) is 0 Å². The average Bonchev–Trinajstić information content (AvgIpc) is 3.33. The second-order valence-corrected chi connectivity index (χ2v) is 7.21. The quantitative estimate of drug-likeness (QED) is 0.510. The SMILES string of the molecule is N#Cc1c(CCCNC(=O)NCCc2cccs2)nn(-c2ccccc2)c1N. The van der Waals surface area contributed by atoms with Crippen molar-refractivity contribution in [1.82, 2.24) is 20.4 Å². The zero-order valence-corrected chi connectivity index (χ0v) is 16.2. The monoisotopic (exact) mass is 394 g/mol. The molecule has 0 bridgehead atoms.